The first-order chi connectivity index (χ1) is 12.5. The Kier molecular flexibility index (Phi) is 5.05. The van der Waals surface area contributed by atoms with E-state index in [1.165, 1.54) is 12.1 Å². The van der Waals surface area contributed by atoms with Gasteiger partial charge in [-0.15, -0.1) is 18.2 Å². The van der Waals surface area contributed by atoms with E-state index in [4.69, 9.17) is 0 Å². The minimum atomic E-state index is -4.69. The van der Waals surface area contributed by atoms with Crippen LogP contribution in [0.4, 0.5) is 13.2 Å². The first kappa shape index (κ1) is 18.7. The Hall–Kier alpha value is -3.06. The second-order valence-electron chi connectivity index (χ2n) is 5.63. The summed E-state index contributed by atoms with van der Waals surface area (Å²) in [4.78, 5) is 4.61. The molecule has 2 aromatic heterocycles. The summed E-state index contributed by atoms with van der Waals surface area (Å²) >= 11 is 0. The molecule has 138 valence electrons. The number of benzene rings is 2. The van der Waals surface area contributed by atoms with Crippen LogP contribution < -0.4 is 21.7 Å². The zero-order chi connectivity index (χ0) is 18.1. The average molecular weight is 392 g/mol. The van der Waals surface area contributed by atoms with Gasteiger partial charge in [-0.3, -0.25) is 0 Å². The van der Waals surface area contributed by atoms with Crippen molar-refractivity contribution in [1.82, 2.24) is 9.55 Å². The Morgan fingerprint density at radius 2 is 1.67 bits per heavy atom. The van der Waals surface area contributed by atoms with Gasteiger partial charge in [-0.05, 0) is 36.4 Å². The van der Waals surface area contributed by atoms with Crippen LogP contribution in [0.25, 0.3) is 22.4 Å². The predicted molar refractivity (Wildman–Crippen MR) is 89.3 cm³/mol. The molecule has 0 saturated carbocycles. The van der Waals surface area contributed by atoms with Gasteiger partial charge in [0, 0.05) is 11.5 Å². The highest BCUT2D eigenvalue weighted by Gasteiger charge is 2.31. The van der Waals surface area contributed by atoms with Crippen molar-refractivity contribution in [2.75, 3.05) is 0 Å². The number of ether oxygens (including phenoxy) is 1. The minimum absolute atomic E-state index is 0. The average Bonchev–Trinajstić information content (AvgIpc) is 3.11. The Balaban J connectivity index is 0.00000210. The van der Waals surface area contributed by atoms with E-state index in [0.717, 1.165) is 16.7 Å². The molecule has 0 radical (unpaired) electrons. The van der Waals surface area contributed by atoms with Gasteiger partial charge >= 0.3 is 6.36 Å². The lowest BCUT2D eigenvalue weighted by Crippen LogP contribution is -3.00. The fraction of sp³-hybridized carbons (Fsp3) is 0.0526. The van der Waals surface area contributed by atoms with E-state index >= 15 is 0 Å². The van der Waals surface area contributed by atoms with Crippen molar-refractivity contribution in [1.29, 1.82) is 0 Å². The van der Waals surface area contributed by atoms with E-state index < -0.39 is 6.36 Å². The fourth-order valence-corrected chi connectivity index (χ4v) is 2.66. The second-order valence-corrected chi connectivity index (χ2v) is 5.63. The van der Waals surface area contributed by atoms with Gasteiger partial charge in [0.25, 0.3) is 5.82 Å². The van der Waals surface area contributed by atoms with E-state index in [1.807, 2.05) is 47.2 Å². The van der Waals surface area contributed by atoms with Crippen molar-refractivity contribution in [2.45, 2.75) is 6.36 Å². The third-order valence-corrected chi connectivity index (χ3v) is 3.85. The molecule has 4 aromatic rings. The molecule has 27 heavy (non-hydrogen) atoms. The molecule has 0 aliphatic rings. The molecule has 0 bridgehead atoms. The highest BCUT2D eigenvalue weighted by molar-refractivity contribution is 5.78. The van der Waals surface area contributed by atoms with Crippen LogP contribution in [0.1, 0.15) is 0 Å². The molecule has 0 saturated heterocycles. The van der Waals surface area contributed by atoms with Gasteiger partial charge < -0.3 is 17.1 Å². The number of halogens is 4. The molecule has 2 aromatic carbocycles. The van der Waals surface area contributed by atoms with Crippen molar-refractivity contribution >= 4 is 10.9 Å². The Morgan fingerprint density at radius 3 is 2.41 bits per heavy atom. The van der Waals surface area contributed by atoms with Gasteiger partial charge in [-0.2, -0.15) is 0 Å². The first-order valence-corrected chi connectivity index (χ1v) is 7.80. The standard InChI is InChI=1S/C19H13F3N3O.ClH/c20-19(21,22)26-16-8-6-15(7-9-16)24-11-12-25(13-24)18-10-5-14-3-1-2-4-17(14)23-18;/h1-13H;1H/q+1;/p-1. The Morgan fingerprint density at radius 1 is 0.926 bits per heavy atom. The maximum atomic E-state index is 12.2. The third kappa shape index (κ3) is 4.20. The highest BCUT2D eigenvalue weighted by atomic mass is 35.5. The third-order valence-electron chi connectivity index (χ3n) is 3.85. The monoisotopic (exact) mass is 391 g/mol. The number of aromatic nitrogens is 3. The number of rotatable bonds is 3. The number of hydrogen-bond acceptors (Lipinski definition) is 2. The SMILES string of the molecule is FC(F)(F)Oc1ccc(-n2cc[n+](-c3ccc4ccccc4n3)c2)cc1.[Cl-]. The van der Waals surface area contributed by atoms with E-state index in [1.54, 1.807) is 29.2 Å². The van der Waals surface area contributed by atoms with Crippen molar-refractivity contribution in [3.05, 3.63) is 79.4 Å². The largest absolute Gasteiger partial charge is 1.00 e. The van der Waals surface area contributed by atoms with Gasteiger partial charge in [-0.25, -0.2) is 9.13 Å². The lowest BCUT2D eigenvalue weighted by Gasteiger charge is -2.08. The topological polar surface area (TPSA) is 30.9 Å². The summed E-state index contributed by atoms with van der Waals surface area (Å²) in [6, 6.07) is 17.4. The van der Waals surface area contributed by atoms with Crippen LogP contribution in [-0.2, 0) is 0 Å². The quantitative estimate of drug-likeness (QED) is 0.491. The van der Waals surface area contributed by atoms with Crippen molar-refractivity contribution in [3.63, 3.8) is 0 Å². The molecular weight excluding hydrogens is 379 g/mol. The molecule has 8 heteroatoms. The summed E-state index contributed by atoms with van der Waals surface area (Å²) in [5.41, 5.74) is 1.60. The summed E-state index contributed by atoms with van der Waals surface area (Å²) in [5, 5.41) is 1.05. The molecule has 0 atom stereocenters. The van der Waals surface area contributed by atoms with Crippen LogP contribution in [0.15, 0.2) is 79.4 Å². The number of alkyl halides is 3. The number of nitrogens with zero attached hydrogens (tertiary/aromatic N) is 3. The van der Waals surface area contributed by atoms with Gasteiger partial charge in [0.05, 0.1) is 6.20 Å². The van der Waals surface area contributed by atoms with Gasteiger partial charge in [0.15, 0.2) is 6.33 Å². The molecule has 4 rings (SSSR count). The molecule has 0 amide bonds. The number of pyridine rings is 1. The Labute approximate surface area is 158 Å². The van der Waals surface area contributed by atoms with Crippen molar-refractivity contribution in [2.24, 2.45) is 0 Å². The predicted octanol–water partition coefficient (Wildman–Crippen LogP) is 1.20. The molecule has 0 N–H and O–H groups in total. The molecule has 0 fully saturated rings. The Bertz CT molecular complexity index is 1060. The number of hydrogen-bond donors (Lipinski definition) is 0. The zero-order valence-electron chi connectivity index (χ0n) is 13.8. The zero-order valence-corrected chi connectivity index (χ0v) is 14.5. The van der Waals surface area contributed by atoms with E-state index in [9.17, 15) is 13.2 Å². The van der Waals surface area contributed by atoms with E-state index in [2.05, 4.69) is 9.72 Å². The number of para-hydroxylation sites is 1. The van der Waals surface area contributed by atoms with Crippen LogP contribution in [0.3, 0.4) is 0 Å². The van der Waals surface area contributed by atoms with E-state index in [0.29, 0.717) is 5.69 Å². The highest BCUT2D eigenvalue weighted by Crippen LogP contribution is 2.23. The van der Waals surface area contributed by atoms with Crippen molar-refractivity contribution in [3.8, 4) is 17.3 Å². The fourth-order valence-electron chi connectivity index (χ4n) is 2.66. The van der Waals surface area contributed by atoms with Gasteiger partial charge in [0.1, 0.15) is 23.2 Å². The van der Waals surface area contributed by atoms with Gasteiger partial charge in [-0.1, -0.05) is 18.2 Å². The molecule has 2 heterocycles. The number of fused-ring (bicyclic) bond motifs is 1. The molecule has 0 aliphatic carbocycles. The first-order valence-electron chi connectivity index (χ1n) is 7.80. The smallest absolute Gasteiger partial charge is 0.573 e. The molecule has 0 spiro atoms. The lowest BCUT2D eigenvalue weighted by atomic mass is 10.2. The van der Waals surface area contributed by atoms with Gasteiger partial charge in [0.2, 0.25) is 0 Å². The van der Waals surface area contributed by atoms with Crippen LogP contribution in [-0.4, -0.2) is 15.9 Å². The number of imidazole rings is 1. The molecule has 0 aliphatic heterocycles. The maximum absolute atomic E-state index is 12.2. The van der Waals surface area contributed by atoms with Crippen LogP contribution >= 0.6 is 0 Å². The summed E-state index contributed by atoms with van der Waals surface area (Å²) < 4.78 is 44.2. The minimum Gasteiger partial charge on any atom is -1.00 e. The van der Waals surface area contributed by atoms with Crippen LogP contribution in [0, 0.1) is 0 Å². The van der Waals surface area contributed by atoms with E-state index in [-0.39, 0.29) is 18.2 Å². The maximum Gasteiger partial charge on any atom is 0.573 e. The summed E-state index contributed by atoms with van der Waals surface area (Å²) in [7, 11) is 0. The van der Waals surface area contributed by atoms with Crippen LogP contribution in [0.2, 0.25) is 0 Å². The molecule has 0 unspecified atom stereocenters. The second kappa shape index (κ2) is 7.28. The summed E-state index contributed by atoms with van der Waals surface area (Å²) in [6.07, 6.45) is 0.740. The van der Waals surface area contributed by atoms with Crippen LogP contribution in [0.5, 0.6) is 5.75 Å². The molecule has 4 nitrogen and oxygen atoms in total. The molecular formula is C19H13ClF3N3O. The normalized spacial score (nSPS) is 11.2. The van der Waals surface area contributed by atoms with Crippen molar-refractivity contribution < 1.29 is 34.9 Å². The lowest BCUT2D eigenvalue weighted by molar-refractivity contribution is -0.598. The summed E-state index contributed by atoms with van der Waals surface area (Å²) in [5.74, 6) is 0.497. The summed E-state index contributed by atoms with van der Waals surface area (Å²) in [6.45, 7) is 0.